The summed E-state index contributed by atoms with van der Waals surface area (Å²) in [4.78, 5) is 0. The lowest BCUT2D eigenvalue weighted by molar-refractivity contribution is 0.107. The number of aromatic hydroxyl groups is 1. The molecule has 0 spiro atoms. The Bertz CT molecular complexity index is 850. The first-order chi connectivity index (χ1) is 12.7. The molecule has 138 valence electrons. The number of phenolic OH excluding ortho intramolecular Hbond substituents is 1. The minimum absolute atomic E-state index is 0.129. The van der Waals surface area contributed by atoms with E-state index in [-0.39, 0.29) is 12.4 Å². The standard InChI is InChI=1S/C19H23N3O4/c1-25-19-9-13(5-6-17(19)24)7-8-20-10-14(23)12-26-18-4-2-3-16-15(18)11-21-22-16/h2-6,9,11,14,20,23-24H,7-8,10,12H2,1H3,(H,21,22). The number of ether oxygens (including phenoxy) is 2. The van der Waals surface area contributed by atoms with Crippen LogP contribution in [0.2, 0.25) is 0 Å². The number of benzene rings is 2. The van der Waals surface area contributed by atoms with E-state index in [0.29, 0.717) is 24.6 Å². The van der Waals surface area contributed by atoms with Gasteiger partial charge in [-0.2, -0.15) is 5.10 Å². The van der Waals surface area contributed by atoms with E-state index in [1.807, 2.05) is 30.3 Å². The summed E-state index contributed by atoms with van der Waals surface area (Å²) in [6.07, 6.45) is 1.85. The lowest BCUT2D eigenvalue weighted by Gasteiger charge is -2.14. The molecule has 1 aromatic heterocycles. The van der Waals surface area contributed by atoms with Crippen LogP contribution in [0.5, 0.6) is 17.2 Å². The van der Waals surface area contributed by atoms with Crippen molar-refractivity contribution in [3.8, 4) is 17.2 Å². The van der Waals surface area contributed by atoms with E-state index >= 15 is 0 Å². The van der Waals surface area contributed by atoms with Crippen LogP contribution in [-0.2, 0) is 6.42 Å². The van der Waals surface area contributed by atoms with Gasteiger partial charge in [0.15, 0.2) is 11.5 Å². The second kappa shape index (κ2) is 8.55. The molecule has 4 N–H and O–H groups in total. The van der Waals surface area contributed by atoms with Gasteiger partial charge in [-0.15, -0.1) is 0 Å². The normalized spacial score (nSPS) is 12.2. The lowest BCUT2D eigenvalue weighted by atomic mass is 10.1. The third kappa shape index (κ3) is 4.44. The van der Waals surface area contributed by atoms with E-state index < -0.39 is 6.10 Å². The summed E-state index contributed by atoms with van der Waals surface area (Å²) >= 11 is 0. The number of hydrogen-bond donors (Lipinski definition) is 4. The van der Waals surface area contributed by atoms with Gasteiger partial charge in [-0.05, 0) is 42.8 Å². The topological polar surface area (TPSA) is 99.6 Å². The van der Waals surface area contributed by atoms with Gasteiger partial charge in [0.2, 0.25) is 0 Å². The molecular weight excluding hydrogens is 334 g/mol. The van der Waals surface area contributed by atoms with Crippen LogP contribution in [-0.4, -0.2) is 53.3 Å². The highest BCUT2D eigenvalue weighted by molar-refractivity contribution is 5.84. The Balaban J connectivity index is 1.40. The van der Waals surface area contributed by atoms with Crippen LogP contribution in [0.25, 0.3) is 10.9 Å². The van der Waals surface area contributed by atoms with Crippen molar-refractivity contribution >= 4 is 10.9 Å². The minimum atomic E-state index is -0.619. The van der Waals surface area contributed by atoms with E-state index in [2.05, 4.69) is 15.5 Å². The molecule has 0 aliphatic rings. The molecule has 0 aliphatic carbocycles. The first-order valence-corrected chi connectivity index (χ1v) is 8.47. The number of nitrogens with zero attached hydrogens (tertiary/aromatic N) is 1. The van der Waals surface area contributed by atoms with E-state index in [0.717, 1.165) is 22.9 Å². The number of aliphatic hydroxyl groups is 1. The smallest absolute Gasteiger partial charge is 0.160 e. The highest BCUT2D eigenvalue weighted by Crippen LogP contribution is 2.26. The number of methoxy groups -OCH3 is 1. The fourth-order valence-electron chi connectivity index (χ4n) is 2.69. The molecule has 1 unspecified atom stereocenters. The number of hydrogen-bond acceptors (Lipinski definition) is 6. The molecule has 26 heavy (non-hydrogen) atoms. The number of fused-ring (bicyclic) bond motifs is 1. The summed E-state index contributed by atoms with van der Waals surface area (Å²) in [5.41, 5.74) is 1.95. The number of H-pyrrole nitrogens is 1. The molecule has 7 heteroatoms. The maximum absolute atomic E-state index is 10.1. The summed E-state index contributed by atoms with van der Waals surface area (Å²) in [5.74, 6) is 1.29. The first kappa shape index (κ1) is 18.0. The van der Waals surface area contributed by atoms with Crippen molar-refractivity contribution in [2.45, 2.75) is 12.5 Å². The van der Waals surface area contributed by atoms with Gasteiger partial charge >= 0.3 is 0 Å². The molecular formula is C19H23N3O4. The van der Waals surface area contributed by atoms with Crippen LogP contribution in [0.3, 0.4) is 0 Å². The second-order valence-electron chi connectivity index (χ2n) is 6.01. The number of rotatable bonds is 9. The summed E-state index contributed by atoms with van der Waals surface area (Å²) in [5, 5.41) is 30.7. The fraction of sp³-hybridized carbons (Fsp3) is 0.316. The zero-order valence-corrected chi connectivity index (χ0v) is 14.6. The Morgan fingerprint density at radius 2 is 2.12 bits per heavy atom. The fourth-order valence-corrected chi connectivity index (χ4v) is 2.69. The molecule has 0 saturated carbocycles. The molecule has 3 rings (SSSR count). The third-order valence-electron chi connectivity index (χ3n) is 4.09. The highest BCUT2D eigenvalue weighted by Gasteiger charge is 2.08. The molecule has 1 heterocycles. The van der Waals surface area contributed by atoms with Gasteiger partial charge in [0, 0.05) is 6.54 Å². The average Bonchev–Trinajstić information content (AvgIpc) is 3.14. The van der Waals surface area contributed by atoms with Gasteiger partial charge in [0.1, 0.15) is 18.5 Å². The van der Waals surface area contributed by atoms with Crippen LogP contribution in [0.1, 0.15) is 5.56 Å². The van der Waals surface area contributed by atoms with Gasteiger partial charge in [-0.25, -0.2) is 0 Å². The Labute approximate surface area is 151 Å². The Morgan fingerprint density at radius 3 is 2.96 bits per heavy atom. The van der Waals surface area contributed by atoms with E-state index in [4.69, 9.17) is 9.47 Å². The molecule has 2 aromatic carbocycles. The van der Waals surface area contributed by atoms with Gasteiger partial charge in [-0.3, -0.25) is 5.10 Å². The number of nitrogens with one attached hydrogen (secondary N) is 2. The molecule has 3 aromatic rings. The zero-order chi connectivity index (χ0) is 18.4. The minimum Gasteiger partial charge on any atom is -0.504 e. The number of aliphatic hydroxyl groups excluding tert-OH is 1. The highest BCUT2D eigenvalue weighted by atomic mass is 16.5. The van der Waals surface area contributed by atoms with Crippen LogP contribution >= 0.6 is 0 Å². The molecule has 0 amide bonds. The van der Waals surface area contributed by atoms with E-state index in [9.17, 15) is 10.2 Å². The molecule has 0 bridgehead atoms. The van der Waals surface area contributed by atoms with E-state index in [1.165, 1.54) is 7.11 Å². The summed E-state index contributed by atoms with van der Waals surface area (Å²) in [7, 11) is 1.53. The average molecular weight is 357 g/mol. The second-order valence-corrected chi connectivity index (χ2v) is 6.01. The van der Waals surface area contributed by atoms with Gasteiger partial charge in [0.25, 0.3) is 0 Å². The number of aromatic nitrogens is 2. The third-order valence-corrected chi connectivity index (χ3v) is 4.09. The van der Waals surface area contributed by atoms with Crippen molar-refractivity contribution in [3.05, 3.63) is 48.2 Å². The molecule has 0 aliphatic heterocycles. The molecule has 0 saturated heterocycles. The predicted octanol–water partition coefficient (Wildman–Crippen LogP) is 1.85. The van der Waals surface area contributed by atoms with Crippen molar-refractivity contribution in [1.82, 2.24) is 15.5 Å². The predicted molar refractivity (Wildman–Crippen MR) is 98.8 cm³/mol. The van der Waals surface area contributed by atoms with Crippen LogP contribution in [0.15, 0.2) is 42.6 Å². The van der Waals surface area contributed by atoms with Crippen molar-refractivity contribution in [1.29, 1.82) is 0 Å². The van der Waals surface area contributed by atoms with Crippen LogP contribution in [0, 0.1) is 0 Å². The lowest BCUT2D eigenvalue weighted by Crippen LogP contribution is -2.32. The summed E-state index contributed by atoms with van der Waals surface area (Å²) in [6, 6.07) is 10.9. The summed E-state index contributed by atoms with van der Waals surface area (Å²) in [6.45, 7) is 1.32. The maximum atomic E-state index is 10.1. The van der Waals surface area contributed by atoms with Crippen molar-refractivity contribution in [2.24, 2.45) is 0 Å². The van der Waals surface area contributed by atoms with Crippen molar-refractivity contribution < 1.29 is 19.7 Å². The van der Waals surface area contributed by atoms with Crippen molar-refractivity contribution in [2.75, 3.05) is 26.8 Å². The van der Waals surface area contributed by atoms with Gasteiger partial charge in [0.05, 0.1) is 24.2 Å². The molecule has 7 nitrogen and oxygen atoms in total. The number of phenols is 1. The largest absolute Gasteiger partial charge is 0.504 e. The van der Waals surface area contributed by atoms with Crippen molar-refractivity contribution in [3.63, 3.8) is 0 Å². The molecule has 1 atom stereocenters. The Morgan fingerprint density at radius 1 is 1.23 bits per heavy atom. The van der Waals surface area contributed by atoms with Crippen LogP contribution in [0.4, 0.5) is 0 Å². The Kier molecular flexibility index (Phi) is 5.93. The SMILES string of the molecule is COc1cc(CCNCC(O)COc2cccc3[nH]ncc23)ccc1O. The zero-order valence-electron chi connectivity index (χ0n) is 14.6. The monoisotopic (exact) mass is 357 g/mol. The first-order valence-electron chi connectivity index (χ1n) is 8.47. The van der Waals surface area contributed by atoms with Gasteiger partial charge in [-0.1, -0.05) is 12.1 Å². The number of aromatic amines is 1. The maximum Gasteiger partial charge on any atom is 0.160 e. The molecule has 0 radical (unpaired) electrons. The van der Waals surface area contributed by atoms with Gasteiger partial charge < -0.3 is 25.0 Å². The van der Waals surface area contributed by atoms with Crippen LogP contribution < -0.4 is 14.8 Å². The molecule has 0 fully saturated rings. The Hall–Kier alpha value is -2.77. The van der Waals surface area contributed by atoms with E-state index in [1.54, 1.807) is 12.3 Å². The summed E-state index contributed by atoms with van der Waals surface area (Å²) < 4.78 is 10.8. The quantitative estimate of drug-likeness (QED) is 0.436.